The molecule has 0 aliphatic heterocycles. The van der Waals surface area contributed by atoms with Gasteiger partial charge in [-0.25, -0.2) is 4.98 Å². The van der Waals surface area contributed by atoms with Crippen molar-refractivity contribution in [3.63, 3.8) is 0 Å². The van der Waals surface area contributed by atoms with Gasteiger partial charge < -0.3 is 10.5 Å². The van der Waals surface area contributed by atoms with E-state index in [1.807, 2.05) is 30.3 Å². The third-order valence-electron chi connectivity index (χ3n) is 2.69. The van der Waals surface area contributed by atoms with Crippen molar-refractivity contribution >= 4 is 11.2 Å². The molecule has 5 nitrogen and oxygen atoms in total. The van der Waals surface area contributed by atoms with Crippen molar-refractivity contribution in [3.05, 3.63) is 54.4 Å². The van der Waals surface area contributed by atoms with E-state index in [2.05, 4.69) is 15.0 Å². The Bertz CT molecular complexity index is 697. The Hall–Kier alpha value is -2.53. The standard InChI is InChI=1S/C14H12N4O/c15-9-10-1-3-11(4-2-10)19-13-6-5-12-14(18-13)17-8-7-16-12/h1-8H,9,15H2. The lowest BCUT2D eigenvalue weighted by Gasteiger charge is -2.05. The second-order valence-electron chi connectivity index (χ2n) is 4.00. The first-order chi connectivity index (χ1) is 9.35. The summed E-state index contributed by atoms with van der Waals surface area (Å²) in [5, 5.41) is 0. The third kappa shape index (κ3) is 2.51. The van der Waals surface area contributed by atoms with Gasteiger partial charge >= 0.3 is 0 Å². The molecular formula is C14H12N4O. The predicted molar refractivity (Wildman–Crippen MR) is 71.7 cm³/mol. The molecule has 0 bridgehead atoms. The largest absolute Gasteiger partial charge is 0.439 e. The van der Waals surface area contributed by atoms with Crippen LogP contribution in [0.5, 0.6) is 11.6 Å². The molecule has 0 saturated carbocycles. The van der Waals surface area contributed by atoms with Crippen molar-refractivity contribution in [2.45, 2.75) is 6.54 Å². The van der Waals surface area contributed by atoms with Crippen molar-refractivity contribution in [1.82, 2.24) is 15.0 Å². The third-order valence-corrected chi connectivity index (χ3v) is 2.69. The minimum Gasteiger partial charge on any atom is -0.439 e. The van der Waals surface area contributed by atoms with Gasteiger partial charge in [0.15, 0.2) is 5.65 Å². The summed E-state index contributed by atoms with van der Waals surface area (Å²) >= 11 is 0. The number of hydrogen-bond donors (Lipinski definition) is 1. The number of pyridine rings is 1. The fraction of sp³-hybridized carbons (Fsp3) is 0.0714. The molecule has 0 atom stereocenters. The Balaban J connectivity index is 1.87. The molecule has 0 fully saturated rings. The van der Waals surface area contributed by atoms with Crippen LogP contribution < -0.4 is 10.5 Å². The molecule has 1 aromatic carbocycles. The van der Waals surface area contributed by atoms with Crippen molar-refractivity contribution in [2.75, 3.05) is 0 Å². The summed E-state index contributed by atoms with van der Waals surface area (Å²) in [7, 11) is 0. The number of fused-ring (bicyclic) bond motifs is 1. The molecule has 5 heteroatoms. The summed E-state index contributed by atoms with van der Waals surface area (Å²) in [5.74, 6) is 1.21. The van der Waals surface area contributed by atoms with Gasteiger partial charge in [-0.05, 0) is 23.8 Å². The highest BCUT2D eigenvalue weighted by molar-refractivity contribution is 5.69. The minimum atomic E-state index is 0.494. The number of nitrogens with zero attached hydrogens (tertiary/aromatic N) is 3. The van der Waals surface area contributed by atoms with Crippen molar-refractivity contribution in [3.8, 4) is 11.6 Å². The number of ether oxygens (including phenoxy) is 1. The van der Waals surface area contributed by atoms with E-state index in [0.29, 0.717) is 23.8 Å². The maximum absolute atomic E-state index is 5.67. The Labute approximate surface area is 110 Å². The average Bonchev–Trinajstić information content (AvgIpc) is 2.48. The van der Waals surface area contributed by atoms with Gasteiger partial charge in [0.2, 0.25) is 5.88 Å². The average molecular weight is 252 g/mol. The molecule has 3 rings (SSSR count). The minimum absolute atomic E-state index is 0.494. The molecule has 94 valence electrons. The molecule has 0 amide bonds. The second-order valence-corrected chi connectivity index (χ2v) is 4.00. The fourth-order valence-corrected chi connectivity index (χ4v) is 1.71. The van der Waals surface area contributed by atoms with E-state index in [4.69, 9.17) is 10.5 Å². The maximum Gasteiger partial charge on any atom is 0.221 e. The number of aromatic nitrogens is 3. The molecule has 0 radical (unpaired) electrons. The lowest BCUT2D eigenvalue weighted by Crippen LogP contribution is -1.96. The highest BCUT2D eigenvalue weighted by Gasteiger charge is 2.02. The molecule has 2 heterocycles. The van der Waals surface area contributed by atoms with Gasteiger partial charge in [0.1, 0.15) is 11.3 Å². The highest BCUT2D eigenvalue weighted by Crippen LogP contribution is 2.21. The van der Waals surface area contributed by atoms with E-state index >= 15 is 0 Å². The lowest BCUT2D eigenvalue weighted by molar-refractivity contribution is 0.464. The lowest BCUT2D eigenvalue weighted by atomic mass is 10.2. The summed E-state index contributed by atoms with van der Waals surface area (Å²) in [6.45, 7) is 0.518. The van der Waals surface area contributed by atoms with E-state index in [1.165, 1.54) is 0 Å². The Morgan fingerprint density at radius 2 is 1.74 bits per heavy atom. The predicted octanol–water partition coefficient (Wildman–Crippen LogP) is 2.28. The SMILES string of the molecule is NCc1ccc(Oc2ccc3nccnc3n2)cc1. The Morgan fingerprint density at radius 3 is 2.53 bits per heavy atom. The van der Waals surface area contributed by atoms with Crippen LogP contribution >= 0.6 is 0 Å². The van der Waals surface area contributed by atoms with Crippen LogP contribution in [0.3, 0.4) is 0 Å². The summed E-state index contributed by atoms with van der Waals surface area (Å²) < 4.78 is 5.67. The molecule has 3 aromatic rings. The van der Waals surface area contributed by atoms with Crippen LogP contribution in [0.2, 0.25) is 0 Å². The fourth-order valence-electron chi connectivity index (χ4n) is 1.71. The molecule has 19 heavy (non-hydrogen) atoms. The number of nitrogens with two attached hydrogens (primary N) is 1. The van der Waals surface area contributed by atoms with Gasteiger partial charge in [-0.15, -0.1) is 0 Å². The maximum atomic E-state index is 5.67. The summed E-state index contributed by atoms with van der Waals surface area (Å²) in [5.41, 5.74) is 7.92. The zero-order valence-electron chi connectivity index (χ0n) is 10.2. The first-order valence-electron chi connectivity index (χ1n) is 5.90. The van der Waals surface area contributed by atoms with Crippen LogP contribution in [-0.4, -0.2) is 15.0 Å². The topological polar surface area (TPSA) is 73.9 Å². The number of benzene rings is 1. The van der Waals surface area contributed by atoms with Gasteiger partial charge in [0, 0.05) is 25.0 Å². The molecule has 0 saturated heterocycles. The van der Waals surface area contributed by atoms with Gasteiger partial charge in [0.05, 0.1) is 0 Å². The van der Waals surface area contributed by atoms with Crippen LogP contribution in [0.25, 0.3) is 11.2 Å². The van der Waals surface area contributed by atoms with Crippen molar-refractivity contribution < 1.29 is 4.74 Å². The Morgan fingerprint density at radius 1 is 0.947 bits per heavy atom. The molecule has 2 N–H and O–H groups in total. The van der Waals surface area contributed by atoms with Gasteiger partial charge in [-0.2, -0.15) is 4.98 Å². The molecule has 0 aliphatic rings. The highest BCUT2D eigenvalue weighted by atomic mass is 16.5. The van der Waals surface area contributed by atoms with Crippen LogP contribution in [0.15, 0.2) is 48.8 Å². The number of rotatable bonds is 3. The van der Waals surface area contributed by atoms with Crippen LogP contribution in [-0.2, 0) is 6.54 Å². The summed E-state index contributed by atoms with van der Waals surface area (Å²) in [4.78, 5) is 12.6. The zero-order valence-corrected chi connectivity index (χ0v) is 10.2. The van der Waals surface area contributed by atoms with Crippen LogP contribution in [0, 0.1) is 0 Å². The van der Waals surface area contributed by atoms with Crippen LogP contribution in [0.1, 0.15) is 5.56 Å². The van der Waals surface area contributed by atoms with E-state index in [0.717, 1.165) is 11.1 Å². The first kappa shape index (κ1) is 11.6. The molecule has 0 unspecified atom stereocenters. The van der Waals surface area contributed by atoms with Crippen LogP contribution in [0.4, 0.5) is 0 Å². The molecule has 0 spiro atoms. The smallest absolute Gasteiger partial charge is 0.221 e. The van der Waals surface area contributed by atoms with Crippen molar-refractivity contribution in [1.29, 1.82) is 0 Å². The van der Waals surface area contributed by atoms with Gasteiger partial charge in [0.25, 0.3) is 0 Å². The zero-order chi connectivity index (χ0) is 13.1. The van der Waals surface area contributed by atoms with Crippen molar-refractivity contribution in [2.24, 2.45) is 5.73 Å². The summed E-state index contributed by atoms with van der Waals surface area (Å²) in [6.07, 6.45) is 3.24. The van der Waals surface area contributed by atoms with E-state index < -0.39 is 0 Å². The molecule has 0 aliphatic carbocycles. The van der Waals surface area contributed by atoms with E-state index in [9.17, 15) is 0 Å². The van der Waals surface area contributed by atoms with E-state index in [1.54, 1.807) is 18.5 Å². The van der Waals surface area contributed by atoms with E-state index in [-0.39, 0.29) is 0 Å². The van der Waals surface area contributed by atoms with Gasteiger partial charge in [-0.3, -0.25) is 4.98 Å². The summed E-state index contributed by atoms with van der Waals surface area (Å²) in [6, 6.07) is 11.2. The monoisotopic (exact) mass is 252 g/mol. The normalized spacial score (nSPS) is 10.6. The Kier molecular flexibility index (Phi) is 3.04. The van der Waals surface area contributed by atoms with Gasteiger partial charge in [-0.1, -0.05) is 12.1 Å². The second kappa shape index (κ2) is 4.99. The quantitative estimate of drug-likeness (QED) is 0.774. The first-order valence-corrected chi connectivity index (χ1v) is 5.90. The molecular weight excluding hydrogens is 240 g/mol. The number of hydrogen-bond acceptors (Lipinski definition) is 5. The molecule has 2 aromatic heterocycles.